The molecule has 0 unspecified atom stereocenters. The van der Waals surface area contributed by atoms with Gasteiger partial charge in [-0.15, -0.1) is 0 Å². The van der Waals surface area contributed by atoms with E-state index in [1.807, 2.05) is 0 Å². The van der Waals surface area contributed by atoms with E-state index >= 15 is 0 Å². The smallest absolute Gasteiger partial charge is 0.408 e. The van der Waals surface area contributed by atoms with Crippen LogP contribution < -0.4 is 10.6 Å². The highest BCUT2D eigenvalue weighted by Crippen LogP contribution is 2.86. The lowest BCUT2D eigenvalue weighted by atomic mass is 9.43. The second kappa shape index (κ2) is 9.98. The Kier molecular flexibility index (Phi) is 4.38. The summed E-state index contributed by atoms with van der Waals surface area (Å²) in [6.07, 6.45) is 2.24. The number of amides is 2. The van der Waals surface area contributed by atoms with E-state index < -0.39 is 35.0 Å². The first-order valence-corrected chi connectivity index (χ1v) is 32.9. The zero-order chi connectivity index (χ0) is 56.6. The second-order valence-corrected chi connectivity index (χ2v) is 31.5. The maximum atomic E-state index is 13.8. The average molecular weight is 1140 g/mol. The fourth-order valence-electron chi connectivity index (χ4n) is 27.5. The van der Waals surface area contributed by atoms with Crippen LogP contribution in [0.1, 0.15) is 74.8 Å². The molecule has 5 aliphatic rings. The Bertz CT molecular complexity index is 8020. The highest BCUT2D eigenvalue weighted by Gasteiger charge is 2.71. The Morgan fingerprint density at radius 1 is 0.433 bits per heavy atom. The maximum absolute atomic E-state index is 13.8. The van der Waals surface area contributed by atoms with Crippen LogP contribution >= 0.6 is 0 Å². The zero-order valence-electron chi connectivity index (χ0n) is 48.1. The number of carbonyl (C=O) groups is 3. The van der Waals surface area contributed by atoms with E-state index in [1.54, 1.807) is 341 Å². The number of rotatable bonds is 8. The SMILES string of the molecule is CCOC(=O)CNC(=O)[C@H](Cc1ccc(N=C2CCC34c5c6c7c8c9c%10c(c%11c%12c3c3c5c5c%13c6c6c7c7c9c9c%14c%10c%10c%11c%11c%12c%12c3c3c5c5c%13c%13c6c6c7c9c7c9c%14c%10c%10c%11c%11c%12c3c3c5c5c%13c6c7c6c9c%10c%11c3c56)C84C2)cc1)NC(=O)OC(C)(C)C. The molecule has 0 aromatic heterocycles. The number of nitrogens with zero attached hydrogens (tertiary/aromatic N) is 1. The predicted molar refractivity (Wildman–Crippen MR) is 368 cm³/mol. The first-order chi connectivity index (χ1) is 44.1. The molecule has 0 aliphatic heterocycles. The zero-order valence-corrected chi connectivity index (χ0v) is 48.1. The van der Waals surface area contributed by atoms with Gasteiger partial charge in [0.1, 0.15) is 18.2 Å². The van der Waals surface area contributed by atoms with E-state index in [1.165, 1.54) is 5.71 Å². The van der Waals surface area contributed by atoms with E-state index in [0.29, 0.717) is 0 Å². The van der Waals surface area contributed by atoms with Crippen molar-refractivity contribution in [2.45, 2.75) is 75.9 Å². The summed E-state index contributed by atoms with van der Waals surface area (Å²) in [5.41, 5.74) is 8.30. The summed E-state index contributed by atoms with van der Waals surface area (Å²) in [6.45, 7) is 7.04. The highest BCUT2D eigenvalue weighted by atomic mass is 16.6. The molecular weight excluding hydrogens is 1110 g/mol. The van der Waals surface area contributed by atoms with Gasteiger partial charge in [0.2, 0.25) is 5.91 Å². The Morgan fingerprint density at radius 3 is 1.01 bits per heavy atom. The molecule has 0 bridgehead atoms. The van der Waals surface area contributed by atoms with Crippen molar-refractivity contribution in [2.24, 2.45) is 4.99 Å². The summed E-state index contributed by atoms with van der Waals surface area (Å²) in [6, 6.07) is 7.33. The van der Waals surface area contributed by atoms with E-state index in [4.69, 9.17) is 14.5 Å². The lowest BCUT2D eigenvalue weighted by Crippen LogP contribution is -2.55. The minimum absolute atomic E-state index is 0.192. The molecule has 0 saturated heterocycles. The molecule has 8 heteroatoms. The van der Waals surface area contributed by atoms with Crippen LogP contribution in [0.25, 0.3) is 291 Å². The van der Waals surface area contributed by atoms with Crippen molar-refractivity contribution in [3.8, 4) is 0 Å². The third kappa shape index (κ3) is 2.67. The van der Waals surface area contributed by atoms with Crippen LogP contribution in [-0.4, -0.2) is 48.5 Å². The molecule has 2 N–H and O–H groups in total. The third-order valence-corrected chi connectivity index (χ3v) is 28.3. The molecule has 90 heavy (non-hydrogen) atoms. The topological polar surface area (TPSA) is 106 Å². The van der Waals surface area contributed by atoms with Crippen LogP contribution in [0, 0.1) is 0 Å². The number of esters is 1. The lowest BCUT2D eigenvalue weighted by Gasteiger charge is -2.57. The van der Waals surface area contributed by atoms with Crippen molar-refractivity contribution in [3.63, 3.8) is 0 Å². The number of nitrogens with one attached hydrogen (secondary N) is 2. The van der Waals surface area contributed by atoms with Gasteiger partial charge in [0.05, 0.1) is 12.3 Å². The predicted octanol–water partition coefficient (Wildman–Crippen LogP) is 19.4. The van der Waals surface area contributed by atoms with Crippen LogP contribution in [0.2, 0.25) is 0 Å². The largest absolute Gasteiger partial charge is 0.465 e. The number of aliphatic imine (C=N–C) groups is 1. The fourth-order valence-corrected chi connectivity index (χ4v) is 27.5. The summed E-state index contributed by atoms with van der Waals surface area (Å²) >= 11 is 0. The monoisotopic (exact) mass is 1140 g/mol. The minimum atomic E-state index is -0.996. The van der Waals surface area contributed by atoms with Gasteiger partial charge >= 0.3 is 12.1 Å². The van der Waals surface area contributed by atoms with Crippen molar-refractivity contribution in [1.82, 2.24) is 10.6 Å². The first-order valence-electron chi connectivity index (χ1n) is 32.9. The van der Waals surface area contributed by atoms with Gasteiger partial charge in [0.15, 0.2) is 0 Å². The molecule has 34 rings (SSSR count). The van der Waals surface area contributed by atoms with Crippen LogP contribution in [0.5, 0.6) is 0 Å². The van der Waals surface area contributed by atoms with Gasteiger partial charge in [-0.1, -0.05) is 12.1 Å². The number of benzene rings is 19. The molecule has 1 atom stereocenters. The van der Waals surface area contributed by atoms with Gasteiger partial charge in [-0.3, -0.25) is 14.6 Å². The quantitative estimate of drug-likeness (QED) is 0.116. The molecule has 2 amide bonds. The van der Waals surface area contributed by atoms with Gasteiger partial charge in [-0.25, -0.2) is 4.79 Å². The maximum Gasteiger partial charge on any atom is 0.408 e. The first kappa shape index (κ1) is 39.5. The van der Waals surface area contributed by atoms with Gasteiger partial charge in [0, 0.05) is 29.4 Å². The summed E-state index contributed by atoms with van der Waals surface area (Å²) in [5, 5.41) is 92.7. The van der Waals surface area contributed by atoms with E-state index in [9.17, 15) is 14.4 Å². The van der Waals surface area contributed by atoms with E-state index in [0.717, 1.165) is 30.5 Å². The number of carbonyl (C=O) groups excluding carboxylic acids is 3. The van der Waals surface area contributed by atoms with Gasteiger partial charge in [-0.2, -0.15) is 0 Å². The Hall–Kier alpha value is -10.4. The molecule has 5 aliphatic carbocycles. The normalized spacial score (nSPS) is 21.1. The number of hydrogen-bond acceptors (Lipinski definition) is 6. The van der Waals surface area contributed by atoms with Gasteiger partial charge in [0.25, 0.3) is 0 Å². The Morgan fingerprint density at radius 2 is 0.722 bits per heavy atom. The third-order valence-electron chi connectivity index (χ3n) is 28.3. The molecule has 0 radical (unpaired) electrons. The molecule has 0 heterocycles. The second-order valence-electron chi connectivity index (χ2n) is 31.5. The molecule has 1 fully saturated rings. The lowest BCUT2D eigenvalue weighted by molar-refractivity contribution is -0.143. The molecule has 1 saturated carbocycles. The molecule has 404 valence electrons. The fraction of sp³-hybridized carbons (Fsp3) is 0.171. The van der Waals surface area contributed by atoms with Crippen molar-refractivity contribution >= 4 is 320 Å². The molecule has 8 nitrogen and oxygen atoms in total. The van der Waals surface area contributed by atoms with Crippen LogP contribution in [0.15, 0.2) is 29.3 Å². The van der Waals surface area contributed by atoms with Gasteiger partial charge < -0.3 is 20.1 Å². The molecule has 29 aromatic carbocycles. The van der Waals surface area contributed by atoms with E-state index in [-0.39, 0.29) is 25.0 Å². The summed E-state index contributed by atoms with van der Waals surface area (Å²) in [7, 11) is 0. The van der Waals surface area contributed by atoms with Crippen molar-refractivity contribution in [2.75, 3.05) is 13.2 Å². The van der Waals surface area contributed by atoms with Crippen LogP contribution in [0.4, 0.5) is 10.5 Å². The number of alkyl carbamates (subject to hydrolysis) is 1. The molecular formula is C82H31N3O5. The van der Waals surface area contributed by atoms with Crippen molar-refractivity contribution in [1.29, 1.82) is 0 Å². The summed E-state index contributed by atoms with van der Waals surface area (Å²) in [4.78, 5) is 45.4. The standard InChI is InChI=1S/C82H31N3O5/c1-5-89-19(86)14-83-78(87)18(85-79(88)90-80(2,3)4)12-15-6-8-16(9-7-15)84-17-10-11-81-74-66-58-48-38-30-22-20-21-24-28-26(22)34-42-36(28)46-40-32(24)33-25(21)29-27-23(20)31(30)39-45-35(27)43-37(29)47-41(33)51-50(40)60-54(46)64-56(42)62(52(58)44(34)38)68(74)70(64)76-72(60)73-61(51)55(47)65-57(43)63-53(45)59(49(39)48)67(66)75(81)69(63)71(65)77(73)82(76,81)13-17/h6-9,18H,5,10-14H2,1-4H3,(H,83,87)(H,85,88)/t18-,81?,82?/m0/s1. The minimum Gasteiger partial charge on any atom is -0.465 e. The van der Waals surface area contributed by atoms with Crippen LogP contribution in [0.3, 0.4) is 0 Å². The number of hydrogen-bond donors (Lipinski definition) is 2. The Labute approximate surface area is 498 Å². The van der Waals surface area contributed by atoms with Crippen molar-refractivity contribution in [3.05, 3.63) is 52.1 Å². The van der Waals surface area contributed by atoms with Crippen LogP contribution in [-0.2, 0) is 36.3 Å². The summed E-state index contributed by atoms with van der Waals surface area (Å²) < 4.78 is 10.8. The highest BCUT2D eigenvalue weighted by molar-refractivity contribution is 6.82. The van der Waals surface area contributed by atoms with E-state index in [2.05, 4.69) is 34.9 Å². The average Bonchev–Trinajstić information content (AvgIpc) is 1.38. The van der Waals surface area contributed by atoms with Crippen molar-refractivity contribution < 1.29 is 23.9 Å². The summed E-state index contributed by atoms with van der Waals surface area (Å²) in [5.74, 6) is -1.02. The number of ether oxygens (including phenoxy) is 2. The van der Waals surface area contributed by atoms with Gasteiger partial charge in [-0.05, 0) is 371 Å². The Balaban J connectivity index is 0.765. The molecule has 29 aromatic rings. The molecule has 2 spiro atoms.